The lowest BCUT2D eigenvalue weighted by Gasteiger charge is -2.22. The number of carbonyl (C=O) groups is 2. The number of hydrogen-bond donors (Lipinski definition) is 5. The molecule has 1 fully saturated rings. The van der Waals surface area contributed by atoms with E-state index < -0.39 is 0 Å². The molecule has 0 aliphatic carbocycles. The van der Waals surface area contributed by atoms with Gasteiger partial charge in [0.1, 0.15) is 6.79 Å². The minimum Gasteiger partial charge on any atom is -0.394 e. The molecule has 0 spiro atoms. The third-order valence-corrected chi connectivity index (χ3v) is 4.25. The standard InChI is InChI=1S/C10H19NO2.C9H12ClNO.C2H6.CH2O.H4N2/c1-10(2,3)6-9(13)11-5-4-8(12)7-11;1-11-9(6-12)7-2-4-8(10)5-3-7;3*1-2/h8,12H,4-7H2,1-3H3;2-5,9,11-12H,6H2,1H3;1-2H3;1H2;1-2H2. The number of nitrogens with zero attached hydrogens (tertiary/aromatic N) is 1. The zero-order chi connectivity index (χ0) is 25.0. The summed E-state index contributed by atoms with van der Waals surface area (Å²) in [4.78, 5) is 21.4. The SMILES string of the molecule is C=O.CC.CC(C)(C)CC(=O)N1CCC(O)C1.CNC(CO)c1ccc(Cl)cc1.NN. The number of aliphatic hydroxyl groups excluding tert-OH is 2. The lowest BCUT2D eigenvalue weighted by molar-refractivity contribution is -0.132. The van der Waals surface area contributed by atoms with E-state index in [9.17, 15) is 9.90 Å². The molecule has 7 N–H and O–H groups in total. The highest BCUT2D eigenvalue weighted by Gasteiger charge is 2.27. The van der Waals surface area contributed by atoms with Crippen LogP contribution >= 0.6 is 11.6 Å². The van der Waals surface area contributed by atoms with Gasteiger partial charge in [0.05, 0.1) is 18.8 Å². The van der Waals surface area contributed by atoms with Gasteiger partial charge < -0.3 is 25.2 Å². The summed E-state index contributed by atoms with van der Waals surface area (Å²) in [5.74, 6) is 8.17. The molecule has 2 unspecified atom stereocenters. The summed E-state index contributed by atoms with van der Waals surface area (Å²) in [6, 6.07) is 7.44. The number of nitrogens with two attached hydrogens (primary N) is 2. The number of nitrogens with one attached hydrogen (secondary N) is 1. The molecule has 0 bridgehead atoms. The number of aliphatic hydroxyl groups is 2. The second kappa shape index (κ2) is 20.4. The van der Waals surface area contributed by atoms with E-state index in [1.807, 2.05) is 51.9 Å². The van der Waals surface area contributed by atoms with Crippen LogP contribution in [0.25, 0.3) is 0 Å². The van der Waals surface area contributed by atoms with Crippen molar-refractivity contribution < 1.29 is 19.8 Å². The van der Waals surface area contributed by atoms with Gasteiger partial charge in [-0.05, 0) is 36.6 Å². The van der Waals surface area contributed by atoms with Crippen LogP contribution in [0.3, 0.4) is 0 Å². The van der Waals surface area contributed by atoms with Gasteiger partial charge in [0.15, 0.2) is 0 Å². The molecule has 2 rings (SSSR count). The Bertz CT molecular complexity index is 549. The van der Waals surface area contributed by atoms with Gasteiger partial charge in [-0.25, -0.2) is 0 Å². The number of β-amino-alcohol motifs (C(OH)–C–C–N with tert-alkyl or cyclic N) is 1. The lowest BCUT2D eigenvalue weighted by Crippen LogP contribution is -2.32. The Balaban J connectivity index is -0.000000408. The summed E-state index contributed by atoms with van der Waals surface area (Å²) in [6.07, 6.45) is 0.999. The quantitative estimate of drug-likeness (QED) is 0.341. The van der Waals surface area contributed by atoms with Gasteiger partial charge in [0.25, 0.3) is 0 Å². The Morgan fingerprint density at radius 1 is 1.26 bits per heavy atom. The highest BCUT2D eigenvalue weighted by atomic mass is 35.5. The molecule has 1 saturated heterocycles. The molecule has 0 saturated carbocycles. The average Bonchev–Trinajstić information content (AvgIpc) is 3.21. The normalized spacial score (nSPS) is 15.5. The summed E-state index contributed by atoms with van der Waals surface area (Å²) < 4.78 is 0. The summed E-state index contributed by atoms with van der Waals surface area (Å²) in [5, 5.41) is 21.9. The van der Waals surface area contributed by atoms with Crippen LogP contribution < -0.4 is 17.0 Å². The Kier molecular flexibility index (Phi) is 22.4. The fourth-order valence-corrected chi connectivity index (χ4v) is 2.72. The van der Waals surface area contributed by atoms with Gasteiger partial charge in [-0.15, -0.1) is 0 Å². The molecule has 1 aromatic rings. The van der Waals surface area contributed by atoms with Gasteiger partial charge in [0, 0.05) is 24.5 Å². The van der Waals surface area contributed by atoms with E-state index in [2.05, 4.69) is 37.8 Å². The van der Waals surface area contributed by atoms with Crippen LogP contribution in [0.1, 0.15) is 59.1 Å². The molecule has 9 heteroatoms. The van der Waals surface area contributed by atoms with Crippen molar-refractivity contribution in [3.05, 3.63) is 34.9 Å². The van der Waals surface area contributed by atoms with E-state index in [4.69, 9.17) is 21.5 Å². The van der Waals surface area contributed by atoms with Crippen LogP contribution in [-0.4, -0.2) is 60.7 Å². The molecular weight excluding hydrogens is 420 g/mol. The van der Waals surface area contributed by atoms with Crippen LogP contribution in [-0.2, 0) is 9.59 Å². The maximum absolute atomic E-state index is 11.6. The molecule has 1 aromatic carbocycles. The molecular formula is C22H43ClN4O4. The van der Waals surface area contributed by atoms with E-state index in [0.29, 0.717) is 18.0 Å². The first-order valence-electron chi connectivity index (χ1n) is 10.3. The average molecular weight is 463 g/mol. The molecule has 8 nitrogen and oxygen atoms in total. The highest BCUT2D eigenvalue weighted by molar-refractivity contribution is 6.30. The molecule has 31 heavy (non-hydrogen) atoms. The number of carbonyl (C=O) groups excluding carboxylic acids is 2. The van der Waals surface area contributed by atoms with E-state index in [1.54, 1.807) is 4.90 Å². The van der Waals surface area contributed by atoms with Crippen molar-refractivity contribution in [1.29, 1.82) is 0 Å². The van der Waals surface area contributed by atoms with Gasteiger partial charge in [-0.2, -0.15) is 0 Å². The highest BCUT2D eigenvalue weighted by Crippen LogP contribution is 2.21. The van der Waals surface area contributed by atoms with Gasteiger partial charge in [-0.3, -0.25) is 16.5 Å². The van der Waals surface area contributed by atoms with Crippen molar-refractivity contribution in [2.45, 2.75) is 59.6 Å². The van der Waals surface area contributed by atoms with Crippen LogP contribution in [0.15, 0.2) is 24.3 Å². The van der Waals surface area contributed by atoms with E-state index in [0.717, 1.165) is 18.5 Å². The number of benzene rings is 1. The van der Waals surface area contributed by atoms with Gasteiger partial charge in [0.2, 0.25) is 5.91 Å². The lowest BCUT2D eigenvalue weighted by atomic mass is 9.92. The van der Waals surface area contributed by atoms with Crippen LogP contribution in [0.2, 0.25) is 5.02 Å². The summed E-state index contributed by atoms with van der Waals surface area (Å²) >= 11 is 5.72. The number of likely N-dealkylation sites (tertiary alicyclic amines) is 1. The largest absolute Gasteiger partial charge is 0.394 e. The number of likely N-dealkylation sites (N-methyl/N-ethyl adjacent to an activating group) is 1. The first-order chi connectivity index (χ1) is 14.7. The number of amides is 1. The Labute approximate surface area is 192 Å². The monoisotopic (exact) mass is 462 g/mol. The number of hydrogen-bond acceptors (Lipinski definition) is 7. The minimum absolute atomic E-state index is 0.00210. The fourth-order valence-electron chi connectivity index (χ4n) is 2.59. The van der Waals surface area contributed by atoms with Gasteiger partial charge in [-0.1, -0.05) is 58.4 Å². The van der Waals surface area contributed by atoms with Crippen molar-refractivity contribution in [3.8, 4) is 0 Å². The molecule has 0 aromatic heterocycles. The van der Waals surface area contributed by atoms with Crippen LogP contribution in [0.4, 0.5) is 0 Å². The maximum Gasteiger partial charge on any atom is 0.223 e. The molecule has 1 amide bonds. The van der Waals surface area contributed by atoms with Crippen molar-refractivity contribution in [2.75, 3.05) is 26.7 Å². The number of hydrazine groups is 1. The van der Waals surface area contributed by atoms with Crippen molar-refractivity contribution in [2.24, 2.45) is 17.1 Å². The second-order valence-corrected chi connectivity index (χ2v) is 8.03. The first-order valence-corrected chi connectivity index (χ1v) is 10.7. The predicted octanol–water partition coefficient (Wildman–Crippen LogP) is 2.27. The number of halogens is 1. The molecule has 1 aliphatic heterocycles. The van der Waals surface area contributed by atoms with Crippen molar-refractivity contribution >= 4 is 24.3 Å². The third-order valence-electron chi connectivity index (χ3n) is 4.00. The number of rotatable bonds is 4. The fraction of sp³-hybridized carbons (Fsp3) is 0.636. The van der Waals surface area contributed by atoms with E-state index in [1.165, 1.54) is 0 Å². The van der Waals surface area contributed by atoms with Crippen LogP contribution in [0, 0.1) is 5.41 Å². The molecule has 182 valence electrons. The van der Waals surface area contributed by atoms with E-state index in [-0.39, 0.29) is 30.1 Å². The maximum atomic E-state index is 11.6. The topological polar surface area (TPSA) is 142 Å². The smallest absolute Gasteiger partial charge is 0.223 e. The predicted molar refractivity (Wildman–Crippen MR) is 128 cm³/mol. The third kappa shape index (κ3) is 16.8. The summed E-state index contributed by atoms with van der Waals surface area (Å²) in [7, 11) is 1.81. The Morgan fingerprint density at radius 3 is 2.06 bits per heavy atom. The van der Waals surface area contributed by atoms with Crippen LogP contribution in [0.5, 0.6) is 0 Å². The van der Waals surface area contributed by atoms with E-state index >= 15 is 0 Å². The Hall–Kier alpha value is -1.55. The molecule has 1 aliphatic rings. The van der Waals surface area contributed by atoms with Crippen molar-refractivity contribution in [3.63, 3.8) is 0 Å². The summed E-state index contributed by atoms with van der Waals surface area (Å²) in [6.45, 7) is 13.5. The molecule has 1 heterocycles. The zero-order valence-corrected chi connectivity index (χ0v) is 20.7. The summed E-state index contributed by atoms with van der Waals surface area (Å²) in [5.41, 5.74) is 1.09. The Morgan fingerprint density at radius 2 is 1.74 bits per heavy atom. The second-order valence-electron chi connectivity index (χ2n) is 7.60. The van der Waals surface area contributed by atoms with Gasteiger partial charge >= 0.3 is 0 Å². The molecule has 2 atom stereocenters. The molecule has 0 radical (unpaired) electrons. The first kappa shape index (κ1) is 34.1. The van der Waals surface area contributed by atoms with Crippen molar-refractivity contribution in [1.82, 2.24) is 10.2 Å². The zero-order valence-electron chi connectivity index (χ0n) is 19.9. The minimum atomic E-state index is -0.302.